The summed E-state index contributed by atoms with van der Waals surface area (Å²) < 4.78 is 5.58. The Labute approximate surface area is 106 Å². The Morgan fingerprint density at radius 2 is 1.81 bits per heavy atom. The van der Waals surface area contributed by atoms with Gasteiger partial charge >= 0.3 is 0 Å². The van der Waals surface area contributed by atoms with Crippen LogP contribution in [0, 0.1) is 0 Å². The molecule has 0 radical (unpaired) electrons. The van der Waals surface area contributed by atoms with Gasteiger partial charge in [-0.25, -0.2) is 0 Å². The van der Waals surface area contributed by atoms with E-state index in [1.54, 1.807) is 0 Å². The van der Waals surface area contributed by atoms with E-state index in [9.17, 15) is 0 Å². The van der Waals surface area contributed by atoms with Crippen molar-refractivity contribution in [3.63, 3.8) is 0 Å². The zero-order chi connectivity index (χ0) is 12.2. The van der Waals surface area contributed by atoms with Gasteiger partial charge < -0.3 is 10.1 Å². The molecule has 0 fully saturated rings. The molecule has 96 valence electrons. The molecule has 16 heavy (non-hydrogen) atoms. The first-order chi connectivity index (χ1) is 7.70. The second-order valence-corrected chi connectivity index (χ2v) is 4.72. The number of unbranched alkanes of at least 4 members (excludes halogenated alkanes) is 4. The lowest BCUT2D eigenvalue weighted by molar-refractivity contribution is 0.190. The number of nitrogens with one attached hydrogen (secondary N) is 1. The molecule has 0 aliphatic heterocycles. The van der Waals surface area contributed by atoms with E-state index in [-0.39, 0.29) is 6.10 Å². The summed E-state index contributed by atoms with van der Waals surface area (Å²) in [7, 11) is 0. The van der Waals surface area contributed by atoms with Crippen LogP contribution >= 0.6 is 12.2 Å². The van der Waals surface area contributed by atoms with Crippen LogP contribution in [-0.2, 0) is 4.74 Å². The number of hydrogen-bond acceptors (Lipinski definition) is 2. The molecule has 1 atom stereocenters. The highest BCUT2D eigenvalue weighted by Crippen LogP contribution is 2.09. The molecular weight excluding hydrogens is 218 g/mol. The van der Waals surface area contributed by atoms with Crippen molar-refractivity contribution in [1.29, 1.82) is 0 Å². The Morgan fingerprint density at radius 3 is 2.44 bits per heavy atom. The normalized spacial score (nSPS) is 12.2. The third-order valence-corrected chi connectivity index (χ3v) is 2.78. The van der Waals surface area contributed by atoms with Crippen molar-refractivity contribution in [2.45, 2.75) is 71.8 Å². The first-order valence-electron chi connectivity index (χ1n) is 6.65. The first kappa shape index (κ1) is 15.7. The first-order valence-corrected chi connectivity index (χ1v) is 7.06. The van der Waals surface area contributed by atoms with Crippen LogP contribution in [0.4, 0.5) is 0 Å². The molecule has 3 heteroatoms. The average molecular weight is 245 g/mol. The second kappa shape index (κ2) is 11.2. The summed E-state index contributed by atoms with van der Waals surface area (Å²) >= 11 is 5.08. The van der Waals surface area contributed by atoms with Crippen molar-refractivity contribution in [3.05, 3.63) is 0 Å². The van der Waals surface area contributed by atoms with Crippen LogP contribution in [0.25, 0.3) is 0 Å². The van der Waals surface area contributed by atoms with Gasteiger partial charge in [0.05, 0.1) is 6.10 Å². The zero-order valence-corrected chi connectivity index (χ0v) is 11.9. The summed E-state index contributed by atoms with van der Waals surface area (Å²) in [6, 6.07) is 0. The lowest BCUT2D eigenvalue weighted by Crippen LogP contribution is -2.28. The van der Waals surface area contributed by atoms with Crippen molar-refractivity contribution < 1.29 is 4.74 Å². The third-order valence-electron chi connectivity index (χ3n) is 2.54. The highest BCUT2D eigenvalue weighted by atomic mass is 32.1. The van der Waals surface area contributed by atoms with Crippen LogP contribution in [-0.4, -0.2) is 17.8 Å². The molecule has 2 nitrogen and oxygen atoms in total. The van der Waals surface area contributed by atoms with E-state index < -0.39 is 0 Å². The summed E-state index contributed by atoms with van der Waals surface area (Å²) in [5.41, 5.74) is 0. The fraction of sp³-hybridized carbons (Fsp3) is 0.923. The van der Waals surface area contributed by atoms with Crippen molar-refractivity contribution >= 4 is 17.4 Å². The van der Waals surface area contributed by atoms with E-state index in [0.29, 0.717) is 5.17 Å². The van der Waals surface area contributed by atoms with Crippen LogP contribution < -0.4 is 5.32 Å². The molecule has 0 heterocycles. The molecule has 0 aliphatic carbocycles. The van der Waals surface area contributed by atoms with Crippen molar-refractivity contribution in [3.8, 4) is 0 Å². The van der Waals surface area contributed by atoms with E-state index >= 15 is 0 Å². The summed E-state index contributed by atoms with van der Waals surface area (Å²) in [5, 5.41) is 3.64. The fourth-order valence-corrected chi connectivity index (χ4v) is 1.81. The fourth-order valence-electron chi connectivity index (χ4n) is 1.55. The van der Waals surface area contributed by atoms with Gasteiger partial charge in [-0.15, -0.1) is 0 Å². The predicted molar refractivity (Wildman–Crippen MR) is 74.8 cm³/mol. The summed E-state index contributed by atoms with van der Waals surface area (Å²) in [6.45, 7) is 7.36. The largest absolute Gasteiger partial charge is 0.468 e. The Kier molecular flexibility index (Phi) is 11.0. The highest BCUT2D eigenvalue weighted by Gasteiger charge is 2.05. The molecule has 0 saturated carbocycles. The number of ether oxygens (including phenoxy) is 1. The quantitative estimate of drug-likeness (QED) is 0.489. The van der Waals surface area contributed by atoms with Gasteiger partial charge in [0.25, 0.3) is 5.17 Å². The monoisotopic (exact) mass is 245 g/mol. The molecular formula is C13H27NOS. The standard InChI is InChI=1S/C13H27NOS/c1-4-6-7-8-9-10-12(3)15-13(16)14-11-5-2/h12H,4-11H2,1-3H3,(H,14,16). The SMILES string of the molecule is CCCCCCCC(C)OC(=S)NCCC. The van der Waals surface area contributed by atoms with Gasteiger partial charge in [-0.2, -0.15) is 0 Å². The summed E-state index contributed by atoms with van der Waals surface area (Å²) in [4.78, 5) is 0. The topological polar surface area (TPSA) is 21.3 Å². The van der Waals surface area contributed by atoms with E-state index in [0.717, 1.165) is 19.4 Å². The molecule has 0 aromatic heterocycles. The predicted octanol–water partition coefficient (Wildman–Crippen LogP) is 4.04. The Bertz CT molecular complexity index is 173. The maximum absolute atomic E-state index is 5.58. The Hall–Kier alpha value is -0.310. The minimum atomic E-state index is 0.249. The van der Waals surface area contributed by atoms with Crippen LogP contribution in [0.3, 0.4) is 0 Å². The van der Waals surface area contributed by atoms with Crippen LogP contribution in [0.2, 0.25) is 0 Å². The third kappa shape index (κ3) is 10.2. The van der Waals surface area contributed by atoms with Crippen LogP contribution in [0.1, 0.15) is 65.7 Å². The lowest BCUT2D eigenvalue weighted by Gasteiger charge is -2.15. The van der Waals surface area contributed by atoms with Crippen LogP contribution in [0.15, 0.2) is 0 Å². The van der Waals surface area contributed by atoms with Gasteiger partial charge in [-0.05, 0) is 38.4 Å². The maximum Gasteiger partial charge on any atom is 0.256 e. The highest BCUT2D eigenvalue weighted by molar-refractivity contribution is 7.80. The molecule has 0 aromatic rings. The number of hydrogen-bond donors (Lipinski definition) is 1. The van der Waals surface area contributed by atoms with Gasteiger partial charge in [0.1, 0.15) is 0 Å². The summed E-state index contributed by atoms with van der Waals surface area (Å²) in [5.74, 6) is 0. The Balaban J connectivity index is 3.35. The van der Waals surface area contributed by atoms with Crippen LogP contribution in [0.5, 0.6) is 0 Å². The molecule has 0 saturated heterocycles. The van der Waals surface area contributed by atoms with E-state index in [1.165, 1.54) is 32.1 Å². The number of thiocarbonyl (C=S) groups is 1. The van der Waals surface area contributed by atoms with Gasteiger partial charge in [-0.1, -0.05) is 39.5 Å². The summed E-state index contributed by atoms with van der Waals surface area (Å²) in [6.07, 6.45) is 9.00. The Morgan fingerprint density at radius 1 is 1.12 bits per heavy atom. The van der Waals surface area contributed by atoms with Crippen molar-refractivity contribution in [2.75, 3.05) is 6.54 Å². The van der Waals surface area contributed by atoms with Crippen molar-refractivity contribution in [2.24, 2.45) is 0 Å². The molecule has 0 rings (SSSR count). The number of rotatable bonds is 9. The molecule has 1 unspecified atom stereocenters. The molecule has 0 aromatic carbocycles. The zero-order valence-electron chi connectivity index (χ0n) is 11.1. The van der Waals surface area contributed by atoms with Crippen molar-refractivity contribution in [1.82, 2.24) is 5.32 Å². The average Bonchev–Trinajstić information content (AvgIpc) is 2.26. The van der Waals surface area contributed by atoms with Gasteiger partial charge in [0.2, 0.25) is 0 Å². The lowest BCUT2D eigenvalue weighted by atomic mass is 10.1. The molecule has 1 N–H and O–H groups in total. The molecule has 0 amide bonds. The van der Waals surface area contributed by atoms with E-state index in [2.05, 4.69) is 26.1 Å². The van der Waals surface area contributed by atoms with Gasteiger partial charge in [0.15, 0.2) is 0 Å². The maximum atomic E-state index is 5.58. The molecule has 0 aliphatic rings. The van der Waals surface area contributed by atoms with Gasteiger partial charge in [0, 0.05) is 6.54 Å². The van der Waals surface area contributed by atoms with E-state index in [1.807, 2.05) is 0 Å². The van der Waals surface area contributed by atoms with Gasteiger partial charge in [-0.3, -0.25) is 0 Å². The minimum Gasteiger partial charge on any atom is -0.468 e. The molecule has 0 spiro atoms. The molecule has 0 bridgehead atoms. The minimum absolute atomic E-state index is 0.249. The van der Waals surface area contributed by atoms with E-state index in [4.69, 9.17) is 17.0 Å². The smallest absolute Gasteiger partial charge is 0.256 e. The second-order valence-electron chi connectivity index (χ2n) is 4.35.